The summed E-state index contributed by atoms with van der Waals surface area (Å²) in [6, 6.07) is 0. The SMILES string of the molecule is O=C(OCC1CC(F)(F)C(O)(C(F)(F)F)O1)C1CC2CCC1C2. The first-order valence-electron chi connectivity index (χ1n) is 7.55. The van der Waals surface area contributed by atoms with Crippen LogP contribution in [0.2, 0.25) is 0 Å². The van der Waals surface area contributed by atoms with Crippen LogP contribution in [0.15, 0.2) is 0 Å². The zero-order valence-corrected chi connectivity index (χ0v) is 12.1. The highest BCUT2D eigenvalue weighted by atomic mass is 19.4. The monoisotopic (exact) mass is 344 g/mol. The molecule has 2 saturated carbocycles. The summed E-state index contributed by atoms with van der Waals surface area (Å²) >= 11 is 0. The van der Waals surface area contributed by atoms with Gasteiger partial charge in [0, 0.05) is 6.42 Å². The molecular weight excluding hydrogens is 327 g/mol. The molecule has 0 aromatic carbocycles. The molecule has 0 aromatic rings. The third-order valence-corrected chi connectivity index (χ3v) is 5.15. The summed E-state index contributed by atoms with van der Waals surface area (Å²) in [5.74, 6) is -9.23. The maximum Gasteiger partial charge on any atom is 0.449 e. The maximum absolute atomic E-state index is 13.5. The van der Waals surface area contributed by atoms with Crippen molar-refractivity contribution in [2.75, 3.05) is 6.61 Å². The lowest BCUT2D eigenvalue weighted by molar-refractivity contribution is -0.407. The predicted molar refractivity (Wildman–Crippen MR) is 65.3 cm³/mol. The molecule has 3 rings (SSSR count). The highest BCUT2D eigenvalue weighted by Crippen LogP contribution is 2.51. The number of aliphatic hydroxyl groups is 1. The van der Waals surface area contributed by atoms with E-state index < -0.39 is 43.0 Å². The fourth-order valence-electron chi connectivity index (χ4n) is 3.98. The molecule has 5 atom stereocenters. The Kier molecular flexibility index (Phi) is 3.87. The lowest BCUT2D eigenvalue weighted by atomic mass is 9.89. The molecule has 1 aliphatic heterocycles. The van der Waals surface area contributed by atoms with Gasteiger partial charge in [-0.3, -0.25) is 4.79 Å². The molecule has 5 unspecified atom stereocenters. The number of esters is 1. The fraction of sp³-hybridized carbons (Fsp3) is 0.929. The van der Waals surface area contributed by atoms with Crippen LogP contribution < -0.4 is 0 Å². The molecule has 3 aliphatic rings. The molecule has 1 heterocycles. The Morgan fingerprint density at radius 1 is 1.26 bits per heavy atom. The molecule has 4 nitrogen and oxygen atoms in total. The van der Waals surface area contributed by atoms with Gasteiger partial charge in [-0.05, 0) is 31.1 Å². The first-order chi connectivity index (χ1) is 10.5. The van der Waals surface area contributed by atoms with Crippen molar-refractivity contribution in [1.29, 1.82) is 0 Å². The van der Waals surface area contributed by atoms with Crippen molar-refractivity contribution in [3.05, 3.63) is 0 Å². The van der Waals surface area contributed by atoms with Gasteiger partial charge in [-0.25, -0.2) is 8.78 Å². The number of hydrogen-bond acceptors (Lipinski definition) is 4. The summed E-state index contributed by atoms with van der Waals surface area (Å²) in [6.07, 6.45) is -5.10. The van der Waals surface area contributed by atoms with Gasteiger partial charge in [0.15, 0.2) is 0 Å². The molecule has 2 aliphatic carbocycles. The Bertz CT molecular complexity index is 494. The van der Waals surface area contributed by atoms with E-state index in [9.17, 15) is 26.7 Å². The lowest BCUT2D eigenvalue weighted by Crippen LogP contribution is -2.56. The van der Waals surface area contributed by atoms with Crippen LogP contribution in [0.4, 0.5) is 22.0 Å². The van der Waals surface area contributed by atoms with Gasteiger partial charge in [-0.1, -0.05) is 6.42 Å². The number of ether oxygens (including phenoxy) is 2. The molecule has 3 fully saturated rings. The number of hydrogen-bond donors (Lipinski definition) is 1. The van der Waals surface area contributed by atoms with Gasteiger partial charge in [0.1, 0.15) is 12.7 Å². The Hall–Kier alpha value is -0.960. The molecule has 1 N–H and O–H groups in total. The van der Waals surface area contributed by atoms with E-state index in [1.165, 1.54) is 0 Å². The van der Waals surface area contributed by atoms with E-state index in [-0.39, 0.29) is 11.8 Å². The molecule has 0 spiro atoms. The Balaban J connectivity index is 1.57. The van der Waals surface area contributed by atoms with Crippen molar-refractivity contribution in [2.24, 2.45) is 17.8 Å². The van der Waals surface area contributed by atoms with Gasteiger partial charge >= 0.3 is 23.9 Å². The highest BCUT2D eigenvalue weighted by Gasteiger charge is 2.75. The van der Waals surface area contributed by atoms with Crippen LogP contribution in [-0.4, -0.2) is 41.7 Å². The fourth-order valence-corrected chi connectivity index (χ4v) is 3.98. The molecular formula is C14H17F5O4. The molecule has 0 amide bonds. The first kappa shape index (κ1) is 16.9. The van der Waals surface area contributed by atoms with Gasteiger partial charge in [0.25, 0.3) is 0 Å². The summed E-state index contributed by atoms with van der Waals surface area (Å²) in [5, 5.41) is 9.15. The predicted octanol–water partition coefficient (Wildman–Crippen LogP) is 2.64. The molecule has 2 bridgehead atoms. The Labute approximate surface area is 128 Å². The van der Waals surface area contributed by atoms with Crippen LogP contribution in [0.25, 0.3) is 0 Å². The topological polar surface area (TPSA) is 55.8 Å². The van der Waals surface area contributed by atoms with E-state index in [4.69, 9.17) is 9.84 Å². The molecule has 0 aromatic heterocycles. The average Bonchev–Trinajstić information content (AvgIpc) is 3.09. The molecule has 9 heteroatoms. The van der Waals surface area contributed by atoms with Gasteiger partial charge in [-0.15, -0.1) is 0 Å². The van der Waals surface area contributed by atoms with Crippen molar-refractivity contribution in [3.8, 4) is 0 Å². The van der Waals surface area contributed by atoms with Crippen LogP contribution in [0.3, 0.4) is 0 Å². The van der Waals surface area contributed by atoms with Gasteiger partial charge < -0.3 is 14.6 Å². The number of carbonyl (C=O) groups is 1. The van der Waals surface area contributed by atoms with Crippen LogP contribution in [0.1, 0.15) is 32.1 Å². The second-order valence-electron chi connectivity index (χ2n) is 6.70. The Morgan fingerprint density at radius 2 is 1.96 bits per heavy atom. The number of halogens is 5. The summed E-state index contributed by atoms with van der Waals surface area (Å²) in [5.41, 5.74) is 0. The van der Waals surface area contributed by atoms with Crippen molar-refractivity contribution in [2.45, 2.75) is 56.1 Å². The summed E-state index contributed by atoms with van der Waals surface area (Å²) < 4.78 is 73.7. The van der Waals surface area contributed by atoms with E-state index in [1.807, 2.05) is 0 Å². The van der Waals surface area contributed by atoms with Crippen molar-refractivity contribution >= 4 is 5.97 Å². The minimum absolute atomic E-state index is 0.213. The lowest BCUT2D eigenvalue weighted by Gasteiger charge is -2.29. The first-order valence-corrected chi connectivity index (χ1v) is 7.55. The minimum atomic E-state index is -5.64. The molecule has 23 heavy (non-hydrogen) atoms. The minimum Gasteiger partial charge on any atom is -0.463 e. The van der Waals surface area contributed by atoms with Crippen molar-refractivity contribution in [1.82, 2.24) is 0 Å². The second-order valence-corrected chi connectivity index (χ2v) is 6.70. The maximum atomic E-state index is 13.5. The van der Waals surface area contributed by atoms with E-state index in [0.717, 1.165) is 19.3 Å². The second kappa shape index (κ2) is 5.27. The van der Waals surface area contributed by atoms with Crippen molar-refractivity contribution in [3.63, 3.8) is 0 Å². The van der Waals surface area contributed by atoms with Crippen LogP contribution in [-0.2, 0) is 14.3 Å². The third kappa shape index (κ3) is 2.71. The van der Waals surface area contributed by atoms with E-state index in [1.54, 1.807) is 0 Å². The molecule has 1 saturated heterocycles. The van der Waals surface area contributed by atoms with E-state index in [0.29, 0.717) is 12.3 Å². The standard InChI is InChI=1S/C14H17F5O4/c15-12(16)5-9(23-13(12,21)14(17,18)19)6-22-11(20)10-4-7-1-2-8(10)3-7/h7-10,21H,1-6H2. The Morgan fingerprint density at radius 3 is 2.43 bits per heavy atom. The van der Waals surface area contributed by atoms with E-state index >= 15 is 0 Å². The summed E-state index contributed by atoms with van der Waals surface area (Å²) in [7, 11) is 0. The van der Waals surface area contributed by atoms with Gasteiger partial charge in [0.05, 0.1) is 5.92 Å². The summed E-state index contributed by atoms with van der Waals surface area (Å²) in [4.78, 5) is 12.0. The number of alkyl halides is 5. The quantitative estimate of drug-likeness (QED) is 0.632. The van der Waals surface area contributed by atoms with Crippen LogP contribution in [0, 0.1) is 17.8 Å². The number of rotatable bonds is 3. The summed E-state index contributed by atoms with van der Waals surface area (Å²) in [6.45, 7) is -0.722. The highest BCUT2D eigenvalue weighted by molar-refractivity contribution is 5.73. The zero-order valence-electron chi connectivity index (χ0n) is 12.1. The smallest absolute Gasteiger partial charge is 0.449 e. The largest absolute Gasteiger partial charge is 0.463 e. The normalized spacial score (nSPS) is 42.2. The molecule has 132 valence electrons. The average molecular weight is 344 g/mol. The van der Waals surface area contributed by atoms with Crippen LogP contribution >= 0.6 is 0 Å². The third-order valence-electron chi connectivity index (χ3n) is 5.15. The van der Waals surface area contributed by atoms with Crippen LogP contribution in [0.5, 0.6) is 0 Å². The zero-order chi connectivity index (χ0) is 17.0. The number of carbonyl (C=O) groups excluding carboxylic acids is 1. The van der Waals surface area contributed by atoms with Crippen molar-refractivity contribution < 1.29 is 41.3 Å². The van der Waals surface area contributed by atoms with E-state index in [2.05, 4.69) is 4.74 Å². The number of fused-ring (bicyclic) bond motifs is 2. The van der Waals surface area contributed by atoms with Gasteiger partial charge in [-0.2, -0.15) is 13.2 Å². The molecule has 0 radical (unpaired) electrons. The van der Waals surface area contributed by atoms with Gasteiger partial charge in [0.2, 0.25) is 0 Å².